The van der Waals surface area contributed by atoms with E-state index in [1.165, 1.54) is 64.7 Å². The molecule has 5 aliphatic heterocycles. The van der Waals surface area contributed by atoms with E-state index >= 15 is 0 Å². The normalized spacial score (nSPS) is 49.8. The molecule has 0 aromatic rings. The van der Waals surface area contributed by atoms with Crippen molar-refractivity contribution >= 4 is 0 Å². The van der Waals surface area contributed by atoms with Crippen molar-refractivity contribution in [3.63, 3.8) is 0 Å². The van der Waals surface area contributed by atoms with Gasteiger partial charge in [-0.25, -0.2) is 21.7 Å². The van der Waals surface area contributed by atoms with E-state index in [0.717, 1.165) is 24.9 Å². The maximum Gasteiger partial charge on any atom is 0.0846 e. The molecule has 26 heavy (non-hydrogen) atoms. The Bertz CT molecular complexity index is 398. The summed E-state index contributed by atoms with van der Waals surface area (Å²) in [5.41, 5.74) is 14.0. The molecule has 0 aromatic heterocycles. The summed E-state index contributed by atoms with van der Waals surface area (Å²) in [7, 11) is 0. The summed E-state index contributed by atoms with van der Waals surface area (Å²) < 4.78 is 0. The molecule has 0 spiro atoms. The number of hydrogen-bond acceptors (Lipinski definition) is 8. The lowest BCUT2D eigenvalue weighted by Crippen LogP contribution is -2.50. The van der Waals surface area contributed by atoms with Crippen LogP contribution in [0.3, 0.4) is 0 Å². The third-order valence-electron chi connectivity index (χ3n) is 6.89. The quantitative estimate of drug-likeness (QED) is 0.324. The minimum Gasteiger partial charge on any atom is -0.300 e. The number of piperidine rings is 2. The summed E-state index contributed by atoms with van der Waals surface area (Å²) in [6, 6.07) is 0. The Labute approximate surface area is 157 Å². The predicted molar refractivity (Wildman–Crippen MR) is 102 cm³/mol. The van der Waals surface area contributed by atoms with Crippen LogP contribution in [-0.4, -0.2) is 73.7 Å². The maximum atomic E-state index is 3.81. The van der Waals surface area contributed by atoms with Crippen molar-refractivity contribution in [2.75, 3.05) is 39.3 Å². The maximum absolute atomic E-state index is 3.81. The van der Waals surface area contributed by atoms with Crippen LogP contribution >= 0.6 is 0 Å². The van der Waals surface area contributed by atoms with Gasteiger partial charge in [0.2, 0.25) is 0 Å². The van der Waals surface area contributed by atoms with E-state index in [9.17, 15) is 0 Å². The largest absolute Gasteiger partial charge is 0.300 e. The van der Waals surface area contributed by atoms with E-state index in [1.54, 1.807) is 0 Å². The molecule has 8 atom stereocenters. The monoisotopic (exact) mass is 364 g/mol. The van der Waals surface area contributed by atoms with E-state index in [-0.39, 0.29) is 0 Å². The molecule has 8 unspecified atom stereocenters. The van der Waals surface area contributed by atoms with E-state index in [4.69, 9.17) is 0 Å². The van der Waals surface area contributed by atoms with E-state index in [2.05, 4.69) is 42.1 Å². The summed E-state index contributed by atoms with van der Waals surface area (Å²) in [5.74, 6) is 1.58. The lowest BCUT2D eigenvalue weighted by Gasteiger charge is -2.36. The molecule has 0 aromatic carbocycles. The van der Waals surface area contributed by atoms with Gasteiger partial charge in [-0.2, -0.15) is 0 Å². The number of hydrazine groups is 2. The molecule has 6 N–H and O–H groups in total. The van der Waals surface area contributed by atoms with Crippen LogP contribution in [0.4, 0.5) is 0 Å². The molecule has 148 valence electrons. The molecule has 0 saturated carbocycles. The third kappa shape index (κ3) is 4.23. The average molecular weight is 365 g/mol. The van der Waals surface area contributed by atoms with Gasteiger partial charge in [0.15, 0.2) is 0 Å². The second-order valence-corrected chi connectivity index (χ2v) is 9.13. The molecular weight excluding hydrogens is 328 g/mol. The highest BCUT2D eigenvalue weighted by atomic mass is 15.6. The standard InChI is InChI=1S/C18H36N8/c1-3-13-7-15-19-16(22-21-15)8-14-4-2-6-26(10-14)12-18-20-17(23-24-18)11-25(5-1)9-13/h13-24H,1-12H2. The second kappa shape index (κ2) is 7.97. The smallest absolute Gasteiger partial charge is 0.0846 e. The van der Waals surface area contributed by atoms with E-state index < -0.39 is 0 Å². The first-order valence-corrected chi connectivity index (χ1v) is 10.8. The van der Waals surface area contributed by atoms with Crippen LogP contribution in [0.1, 0.15) is 38.5 Å². The highest BCUT2D eigenvalue weighted by molar-refractivity contribution is 4.88. The van der Waals surface area contributed by atoms with Crippen molar-refractivity contribution < 1.29 is 0 Å². The summed E-state index contributed by atoms with van der Waals surface area (Å²) >= 11 is 0. The first kappa shape index (κ1) is 17.8. The van der Waals surface area contributed by atoms with Crippen molar-refractivity contribution in [1.29, 1.82) is 0 Å². The Kier molecular flexibility index (Phi) is 5.44. The zero-order chi connectivity index (χ0) is 17.3. The second-order valence-electron chi connectivity index (χ2n) is 9.13. The molecule has 5 rings (SSSR count). The zero-order valence-corrected chi connectivity index (χ0v) is 15.8. The van der Waals surface area contributed by atoms with Crippen molar-refractivity contribution in [3.8, 4) is 0 Å². The summed E-state index contributed by atoms with van der Waals surface area (Å²) in [5, 5.41) is 7.58. The zero-order valence-electron chi connectivity index (χ0n) is 15.8. The van der Waals surface area contributed by atoms with Gasteiger partial charge in [-0.1, -0.05) is 0 Å². The summed E-state index contributed by atoms with van der Waals surface area (Å²) in [4.78, 5) is 5.29. The van der Waals surface area contributed by atoms with Gasteiger partial charge in [0.1, 0.15) is 0 Å². The molecule has 0 radical (unpaired) electrons. The Hall–Kier alpha value is -0.320. The van der Waals surface area contributed by atoms with Crippen molar-refractivity contribution in [3.05, 3.63) is 0 Å². The molecule has 8 bridgehead atoms. The van der Waals surface area contributed by atoms with Crippen LogP contribution < -0.4 is 32.3 Å². The highest BCUT2D eigenvalue weighted by Gasteiger charge is 2.33. The predicted octanol–water partition coefficient (Wildman–Crippen LogP) is -1.10. The lowest BCUT2D eigenvalue weighted by atomic mass is 9.92. The highest BCUT2D eigenvalue weighted by Crippen LogP contribution is 2.24. The van der Waals surface area contributed by atoms with Crippen molar-refractivity contribution in [2.45, 2.75) is 63.2 Å². The number of fused-ring (bicyclic) bond motifs is 8. The Morgan fingerprint density at radius 2 is 1.00 bits per heavy atom. The summed E-state index contributed by atoms with van der Waals surface area (Å²) in [6.45, 7) is 7.11. The molecular formula is C18H36N8. The first-order valence-electron chi connectivity index (χ1n) is 10.8. The minimum absolute atomic E-state index is 0.362. The van der Waals surface area contributed by atoms with Gasteiger partial charge in [0.05, 0.1) is 24.7 Å². The lowest BCUT2D eigenvalue weighted by molar-refractivity contribution is 0.133. The number of rotatable bonds is 0. The molecule has 5 heterocycles. The molecule has 8 heteroatoms. The van der Waals surface area contributed by atoms with Crippen LogP contribution in [0.2, 0.25) is 0 Å². The molecule has 0 aliphatic carbocycles. The summed E-state index contributed by atoms with van der Waals surface area (Å²) in [6.07, 6.45) is 9.41. The van der Waals surface area contributed by atoms with Crippen LogP contribution in [-0.2, 0) is 0 Å². The third-order valence-corrected chi connectivity index (χ3v) is 6.89. The van der Waals surface area contributed by atoms with Crippen LogP contribution in [0, 0.1) is 11.8 Å². The Morgan fingerprint density at radius 1 is 0.538 bits per heavy atom. The van der Waals surface area contributed by atoms with E-state index in [0.29, 0.717) is 24.7 Å². The Balaban J connectivity index is 1.28. The van der Waals surface area contributed by atoms with Gasteiger partial charge in [-0.3, -0.25) is 10.6 Å². The molecule has 5 aliphatic rings. The van der Waals surface area contributed by atoms with Crippen LogP contribution in [0.25, 0.3) is 0 Å². The Morgan fingerprint density at radius 3 is 1.54 bits per heavy atom. The molecule has 0 amide bonds. The van der Waals surface area contributed by atoms with E-state index in [1.807, 2.05) is 0 Å². The number of hydrogen-bond donors (Lipinski definition) is 6. The fourth-order valence-electron chi connectivity index (χ4n) is 5.71. The van der Waals surface area contributed by atoms with Gasteiger partial charge >= 0.3 is 0 Å². The van der Waals surface area contributed by atoms with Crippen molar-refractivity contribution in [2.24, 2.45) is 11.8 Å². The molecule has 5 saturated heterocycles. The van der Waals surface area contributed by atoms with Gasteiger partial charge in [-0.15, -0.1) is 0 Å². The fraction of sp³-hybridized carbons (Fsp3) is 1.00. The first-order chi connectivity index (χ1) is 12.8. The minimum atomic E-state index is 0.362. The number of nitrogens with one attached hydrogen (secondary N) is 6. The molecule has 5 fully saturated rings. The molecule has 8 nitrogen and oxygen atoms in total. The number of nitrogens with zero attached hydrogens (tertiary/aromatic N) is 2. The topological polar surface area (TPSA) is 78.7 Å². The SMILES string of the molecule is C1CC2CC3NNC(CC4CCCN(C4)CC4NNC(CN(C1)C2)N4)N3. The van der Waals surface area contributed by atoms with Gasteiger partial charge in [0, 0.05) is 26.2 Å². The van der Waals surface area contributed by atoms with Crippen LogP contribution in [0.5, 0.6) is 0 Å². The van der Waals surface area contributed by atoms with Gasteiger partial charge < -0.3 is 9.80 Å². The fourth-order valence-corrected chi connectivity index (χ4v) is 5.71. The average Bonchev–Trinajstić information content (AvgIpc) is 3.24. The van der Waals surface area contributed by atoms with Crippen molar-refractivity contribution in [1.82, 2.24) is 42.1 Å². The van der Waals surface area contributed by atoms with Crippen LogP contribution in [0.15, 0.2) is 0 Å². The van der Waals surface area contributed by atoms with Gasteiger partial charge in [-0.05, 0) is 63.5 Å². The van der Waals surface area contributed by atoms with Gasteiger partial charge in [0.25, 0.3) is 0 Å².